The van der Waals surface area contributed by atoms with Crippen LogP contribution < -0.4 is 5.32 Å². The normalized spacial score (nSPS) is 30.0. The number of nitrogens with zero attached hydrogens (tertiary/aromatic N) is 1. The van der Waals surface area contributed by atoms with Crippen LogP contribution in [0.5, 0.6) is 0 Å². The number of nitrogens with one attached hydrogen (secondary N) is 1. The van der Waals surface area contributed by atoms with Crippen molar-refractivity contribution in [2.75, 3.05) is 26.7 Å². The molecule has 0 bridgehead atoms. The van der Waals surface area contributed by atoms with Crippen molar-refractivity contribution in [2.45, 2.75) is 71.6 Å². The van der Waals surface area contributed by atoms with E-state index in [0.717, 1.165) is 26.1 Å². The smallest absolute Gasteiger partial charge is 0.0634 e. The van der Waals surface area contributed by atoms with Gasteiger partial charge in [-0.25, -0.2) is 0 Å². The van der Waals surface area contributed by atoms with Crippen molar-refractivity contribution in [3.8, 4) is 0 Å². The Hall–Kier alpha value is -0.120. The minimum absolute atomic E-state index is 0.0188. The molecule has 1 rings (SSSR count). The zero-order valence-electron chi connectivity index (χ0n) is 14.0. The van der Waals surface area contributed by atoms with Crippen LogP contribution in [-0.2, 0) is 4.74 Å². The lowest BCUT2D eigenvalue weighted by Crippen LogP contribution is -2.64. The van der Waals surface area contributed by atoms with E-state index in [-0.39, 0.29) is 11.1 Å². The predicted molar refractivity (Wildman–Crippen MR) is 82.6 cm³/mol. The molecular formula is C16H34N2O. The molecule has 0 spiro atoms. The zero-order valence-corrected chi connectivity index (χ0v) is 14.0. The highest BCUT2D eigenvalue weighted by Gasteiger charge is 2.36. The molecule has 0 aromatic carbocycles. The lowest BCUT2D eigenvalue weighted by atomic mass is 9.89. The first-order valence-corrected chi connectivity index (χ1v) is 7.77. The number of hydrogen-bond donors (Lipinski definition) is 1. The minimum Gasteiger partial charge on any atom is -0.379 e. The van der Waals surface area contributed by atoms with E-state index in [0.29, 0.717) is 12.0 Å². The summed E-state index contributed by atoms with van der Waals surface area (Å²) in [6.07, 6.45) is 2.27. The standard InChI is InChI=1S/C16H34N2O/c1-8-16(6)12-18(10-9-15(4,5)19-7)14(11-17-16)13(2)3/h13-14,17H,8-12H2,1-7H3. The second-order valence-electron chi connectivity index (χ2n) is 7.29. The third-order valence-electron chi connectivity index (χ3n) is 4.86. The van der Waals surface area contributed by atoms with Crippen LogP contribution in [0, 0.1) is 5.92 Å². The van der Waals surface area contributed by atoms with E-state index in [1.54, 1.807) is 0 Å². The summed E-state index contributed by atoms with van der Waals surface area (Å²) < 4.78 is 5.56. The van der Waals surface area contributed by atoms with Gasteiger partial charge in [-0.3, -0.25) is 4.90 Å². The molecular weight excluding hydrogens is 236 g/mol. The zero-order chi connectivity index (χ0) is 14.7. The van der Waals surface area contributed by atoms with Crippen LogP contribution >= 0.6 is 0 Å². The van der Waals surface area contributed by atoms with E-state index in [4.69, 9.17) is 4.74 Å². The molecule has 2 atom stereocenters. The van der Waals surface area contributed by atoms with Gasteiger partial charge >= 0.3 is 0 Å². The molecule has 1 aliphatic rings. The lowest BCUT2D eigenvalue weighted by molar-refractivity contribution is -0.0100. The molecule has 1 N–H and O–H groups in total. The maximum absolute atomic E-state index is 5.56. The van der Waals surface area contributed by atoms with E-state index >= 15 is 0 Å². The predicted octanol–water partition coefficient (Wildman–Crippen LogP) is 2.90. The average molecular weight is 270 g/mol. The van der Waals surface area contributed by atoms with Crippen molar-refractivity contribution in [3.63, 3.8) is 0 Å². The summed E-state index contributed by atoms with van der Waals surface area (Å²) in [5.41, 5.74) is 0.248. The van der Waals surface area contributed by atoms with Crippen molar-refractivity contribution in [3.05, 3.63) is 0 Å². The SMILES string of the molecule is CCC1(C)CN(CCC(C)(C)OC)C(C(C)C)CN1. The Morgan fingerprint density at radius 2 is 2.05 bits per heavy atom. The summed E-state index contributed by atoms with van der Waals surface area (Å²) in [5, 5.41) is 3.74. The van der Waals surface area contributed by atoms with Crippen LogP contribution in [0.2, 0.25) is 0 Å². The number of hydrogen-bond acceptors (Lipinski definition) is 3. The number of piperazine rings is 1. The first kappa shape index (κ1) is 16.9. The van der Waals surface area contributed by atoms with Crippen molar-refractivity contribution in [2.24, 2.45) is 5.92 Å². The van der Waals surface area contributed by atoms with Gasteiger partial charge in [0.15, 0.2) is 0 Å². The quantitative estimate of drug-likeness (QED) is 0.803. The van der Waals surface area contributed by atoms with E-state index in [9.17, 15) is 0 Å². The molecule has 0 aromatic rings. The van der Waals surface area contributed by atoms with Gasteiger partial charge in [-0.05, 0) is 39.5 Å². The molecule has 0 amide bonds. The van der Waals surface area contributed by atoms with E-state index < -0.39 is 0 Å². The van der Waals surface area contributed by atoms with Crippen LogP contribution in [0.1, 0.15) is 54.4 Å². The lowest BCUT2D eigenvalue weighted by Gasteiger charge is -2.48. The van der Waals surface area contributed by atoms with Crippen molar-refractivity contribution < 1.29 is 4.74 Å². The van der Waals surface area contributed by atoms with Crippen LogP contribution in [-0.4, -0.2) is 48.8 Å². The largest absolute Gasteiger partial charge is 0.379 e. The minimum atomic E-state index is -0.0188. The maximum Gasteiger partial charge on any atom is 0.0634 e. The summed E-state index contributed by atoms with van der Waals surface area (Å²) in [4.78, 5) is 2.67. The molecule has 0 saturated carbocycles. The summed E-state index contributed by atoms with van der Waals surface area (Å²) in [7, 11) is 1.81. The van der Waals surface area contributed by atoms with Gasteiger partial charge in [-0.2, -0.15) is 0 Å². The monoisotopic (exact) mass is 270 g/mol. The second-order valence-corrected chi connectivity index (χ2v) is 7.29. The Labute approximate surface area is 120 Å². The third kappa shape index (κ3) is 4.73. The third-order valence-corrected chi connectivity index (χ3v) is 4.86. The van der Waals surface area contributed by atoms with E-state index in [1.807, 2.05) is 7.11 Å². The van der Waals surface area contributed by atoms with Gasteiger partial charge in [-0.15, -0.1) is 0 Å². The molecule has 0 radical (unpaired) electrons. The summed E-state index contributed by atoms with van der Waals surface area (Å²) in [6, 6.07) is 0.646. The second kappa shape index (κ2) is 6.55. The fourth-order valence-electron chi connectivity index (χ4n) is 2.76. The number of rotatable bonds is 6. The highest BCUT2D eigenvalue weighted by atomic mass is 16.5. The first-order chi connectivity index (χ1) is 8.73. The maximum atomic E-state index is 5.56. The molecule has 0 aromatic heterocycles. The van der Waals surface area contributed by atoms with Gasteiger partial charge < -0.3 is 10.1 Å². The Bertz CT molecular complexity index is 278. The Balaban J connectivity index is 2.67. The summed E-state index contributed by atoms with van der Waals surface area (Å²) in [5.74, 6) is 0.694. The van der Waals surface area contributed by atoms with E-state index in [1.165, 1.54) is 6.42 Å². The van der Waals surface area contributed by atoms with Crippen LogP contribution in [0.3, 0.4) is 0 Å². The Kier molecular flexibility index (Phi) is 5.84. The van der Waals surface area contributed by atoms with Gasteiger partial charge in [0.2, 0.25) is 0 Å². The highest BCUT2D eigenvalue weighted by Crippen LogP contribution is 2.24. The summed E-state index contributed by atoms with van der Waals surface area (Å²) in [6.45, 7) is 17.0. The molecule has 19 heavy (non-hydrogen) atoms. The number of ether oxygens (including phenoxy) is 1. The molecule has 1 aliphatic heterocycles. The van der Waals surface area contributed by atoms with Crippen molar-refractivity contribution >= 4 is 0 Å². The fourth-order valence-corrected chi connectivity index (χ4v) is 2.76. The molecule has 114 valence electrons. The molecule has 0 aliphatic carbocycles. The Morgan fingerprint density at radius 3 is 2.53 bits per heavy atom. The van der Waals surface area contributed by atoms with Crippen molar-refractivity contribution in [1.82, 2.24) is 10.2 Å². The van der Waals surface area contributed by atoms with Gasteiger partial charge in [0.1, 0.15) is 0 Å². The van der Waals surface area contributed by atoms with Gasteiger partial charge in [0.25, 0.3) is 0 Å². The molecule has 1 saturated heterocycles. The van der Waals surface area contributed by atoms with E-state index in [2.05, 4.69) is 51.8 Å². The molecule has 3 nitrogen and oxygen atoms in total. The Morgan fingerprint density at radius 1 is 1.42 bits per heavy atom. The van der Waals surface area contributed by atoms with Gasteiger partial charge in [-0.1, -0.05) is 20.8 Å². The average Bonchev–Trinajstić information content (AvgIpc) is 2.36. The molecule has 3 heteroatoms. The van der Waals surface area contributed by atoms with Crippen LogP contribution in [0.15, 0.2) is 0 Å². The molecule has 1 fully saturated rings. The fraction of sp³-hybridized carbons (Fsp3) is 1.00. The van der Waals surface area contributed by atoms with Gasteiger partial charge in [0, 0.05) is 38.3 Å². The van der Waals surface area contributed by atoms with Crippen LogP contribution in [0.25, 0.3) is 0 Å². The summed E-state index contributed by atoms with van der Waals surface area (Å²) >= 11 is 0. The van der Waals surface area contributed by atoms with Crippen LogP contribution in [0.4, 0.5) is 0 Å². The topological polar surface area (TPSA) is 24.5 Å². The highest BCUT2D eigenvalue weighted by molar-refractivity contribution is 4.95. The molecule has 1 heterocycles. The number of methoxy groups -OCH3 is 1. The molecule has 2 unspecified atom stereocenters. The van der Waals surface area contributed by atoms with Gasteiger partial charge in [0.05, 0.1) is 5.60 Å². The first-order valence-electron chi connectivity index (χ1n) is 7.77. The van der Waals surface area contributed by atoms with Crippen molar-refractivity contribution in [1.29, 1.82) is 0 Å².